The zero-order chi connectivity index (χ0) is 9.42. The molecule has 0 aliphatic rings. The largest absolute Gasteiger partial charge is 0.399 e. The molecule has 2 rings (SSSR count). The lowest BCUT2D eigenvalue weighted by Gasteiger charge is -1.93. The number of H-pyrrole nitrogens is 1. The van der Waals surface area contributed by atoms with Gasteiger partial charge < -0.3 is 5.73 Å². The van der Waals surface area contributed by atoms with Crippen LogP contribution in [0, 0.1) is 0 Å². The number of rotatable bonds is 1. The van der Waals surface area contributed by atoms with Gasteiger partial charge in [-0.25, -0.2) is 0 Å². The summed E-state index contributed by atoms with van der Waals surface area (Å²) in [6.07, 6.45) is 0. The van der Waals surface area contributed by atoms with E-state index in [1.165, 1.54) is 6.92 Å². The van der Waals surface area contributed by atoms with Gasteiger partial charge in [0.1, 0.15) is 5.69 Å². The van der Waals surface area contributed by atoms with Gasteiger partial charge in [-0.2, -0.15) is 5.10 Å². The lowest BCUT2D eigenvalue weighted by atomic mass is 10.1. The normalized spacial score (nSPS) is 10.5. The van der Waals surface area contributed by atoms with Crippen molar-refractivity contribution in [2.45, 2.75) is 6.92 Å². The number of ketones is 1. The number of hydrogen-bond donors (Lipinski definition) is 2. The molecule has 66 valence electrons. The number of carbonyl (C=O) groups excluding carboxylic acids is 1. The van der Waals surface area contributed by atoms with Crippen LogP contribution in [0.2, 0.25) is 0 Å². The van der Waals surface area contributed by atoms with Gasteiger partial charge in [-0.1, -0.05) is 0 Å². The fraction of sp³-hybridized carbons (Fsp3) is 0.111. The molecule has 0 fully saturated rings. The molecule has 1 aromatic heterocycles. The van der Waals surface area contributed by atoms with E-state index in [9.17, 15) is 4.79 Å². The van der Waals surface area contributed by atoms with E-state index in [1.807, 2.05) is 6.07 Å². The van der Waals surface area contributed by atoms with Crippen LogP contribution in [-0.2, 0) is 0 Å². The zero-order valence-corrected chi connectivity index (χ0v) is 7.16. The number of hydrogen-bond acceptors (Lipinski definition) is 3. The van der Waals surface area contributed by atoms with E-state index in [-0.39, 0.29) is 5.78 Å². The molecule has 0 aliphatic carbocycles. The average Bonchev–Trinajstić information content (AvgIpc) is 2.46. The molecule has 1 aromatic carbocycles. The van der Waals surface area contributed by atoms with Crippen LogP contribution < -0.4 is 5.73 Å². The molecule has 0 saturated heterocycles. The number of aromatic nitrogens is 2. The van der Waals surface area contributed by atoms with E-state index >= 15 is 0 Å². The highest BCUT2D eigenvalue weighted by Gasteiger charge is 2.09. The Balaban J connectivity index is 2.79. The summed E-state index contributed by atoms with van der Waals surface area (Å²) in [6, 6.07) is 5.32. The van der Waals surface area contributed by atoms with Crippen molar-refractivity contribution in [3.05, 3.63) is 23.9 Å². The quantitative estimate of drug-likeness (QED) is 0.507. The third kappa shape index (κ3) is 1.16. The van der Waals surface area contributed by atoms with Gasteiger partial charge in [0, 0.05) is 18.0 Å². The van der Waals surface area contributed by atoms with Gasteiger partial charge in [-0.3, -0.25) is 9.89 Å². The molecule has 4 heteroatoms. The molecule has 0 spiro atoms. The molecule has 0 bridgehead atoms. The molecule has 4 nitrogen and oxygen atoms in total. The first-order chi connectivity index (χ1) is 6.18. The van der Waals surface area contributed by atoms with E-state index < -0.39 is 0 Å². The van der Waals surface area contributed by atoms with Crippen LogP contribution in [0.5, 0.6) is 0 Å². The summed E-state index contributed by atoms with van der Waals surface area (Å²) in [6.45, 7) is 1.48. The highest BCUT2D eigenvalue weighted by molar-refractivity contribution is 6.05. The number of aromatic amines is 1. The van der Waals surface area contributed by atoms with Crippen molar-refractivity contribution in [2.24, 2.45) is 0 Å². The molecule has 0 saturated carbocycles. The first-order valence-corrected chi connectivity index (χ1v) is 3.93. The summed E-state index contributed by atoms with van der Waals surface area (Å²) in [5.41, 5.74) is 7.51. The first-order valence-electron chi connectivity index (χ1n) is 3.93. The molecule has 0 aliphatic heterocycles. The van der Waals surface area contributed by atoms with Gasteiger partial charge in [0.2, 0.25) is 0 Å². The molecule has 3 N–H and O–H groups in total. The SMILES string of the molecule is CC(=O)c1n[nH]c2ccc(N)cc12. The second-order valence-electron chi connectivity index (χ2n) is 2.93. The Morgan fingerprint density at radius 1 is 1.54 bits per heavy atom. The van der Waals surface area contributed by atoms with Crippen molar-refractivity contribution in [1.82, 2.24) is 10.2 Å². The van der Waals surface area contributed by atoms with Crippen molar-refractivity contribution in [3.8, 4) is 0 Å². The number of Topliss-reactive ketones (excluding diaryl/α,β-unsaturated/α-hetero) is 1. The van der Waals surface area contributed by atoms with Crippen LogP contribution in [0.15, 0.2) is 18.2 Å². The molecule has 13 heavy (non-hydrogen) atoms. The Morgan fingerprint density at radius 3 is 3.00 bits per heavy atom. The second-order valence-corrected chi connectivity index (χ2v) is 2.93. The van der Waals surface area contributed by atoms with E-state index in [0.29, 0.717) is 11.4 Å². The molecule has 1 heterocycles. The molecule has 2 aromatic rings. The summed E-state index contributed by atoms with van der Waals surface area (Å²) >= 11 is 0. The van der Waals surface area contributed by atoms with Crippen LogP contribution in [0.25, 0.3) is 10.9 Å². The van der Waals surface area contributed by atoms with E-state index in [2.05, 4.69) is 10.2 Å². The number of carbonyl (C=O) groups is 1. The smallest absolute Gasteiger partial charge is 0.180 e. The maximum atomic E-state index is 11.1. The Bertz CT molecular complexity index is 473. The fourth-order valence-corrected chi connectivity index (χ4v) is 1.30. The zero-order valence-electron chi connectivity index (χ0n) is 7.16. The standard InChI is InChI=1S/C9H9N3O/c1-5(13)9-7-4-6(10)2-3-8(7)11-12-9/h2-4H,10H2,1H3,(H,11,12). The average molecular weight is 175 g/mol. The van der Waals surface area contributed by atoms with Crippen molar-refractivity contribution in [2.75, 3.05) is 5.73 Å². The van der Waals surface area contributed by atoms with E-state index in [4.69, 9.17) is 5.73 Å². The van der Waals surface area contributed by atoms with Crippen molar-refractivity contribution < 1.29 is 4.79 Å². The maximum absolute atomic E-state index is 11.1. The maximum Gasteiger partial charge on any atom is 0.180 e. The lowest BCUT2D eigenvalue weighted by molar-refractivity contribution is 0.101. The Kier molecular flexibility index (Phi) is 1.55. The summed E-state index contributed by atoms with van der Waals surface area (Å²) < 4.78 is 0. The van der Waals surface area contributed by atoms with E-state index in [1.54, 1.807) is 12.1 Å². The van der Waals surface area contributed by atoms with Gasteiger partial charge in [0.25, 0.3) is 0 Å². The minimum Gasteiger partial charge on any atom is -0.399 e. The molecule has 0 atom stereocenters. The number of nitrogen functional groups attached to an aromatic ring is 1. The molecule has 0 radical (unpaired) electrons. The molecular weight excluding hydrogens is 166 g/mol. The highest BCUT2D eigenvalue weighted by atomic mass is 16.1. The van der Waals surface area contributed by atoms with Crippen LogP contribution in [-0.4, -0.2) is 16.0 Å². The first kappa shape index (κ1) is 7.79. The van der Waals surface area contributed by atoms with Crippen molar-refractivity contribution in [3.63, 3.8) is 0 Å². The van der Waals surface area contributed by atoms with Gasteiger partial charge in [-0.15, -0.1) is 0 Å². The Labute approximate surface area is 74.7 Å². The second kappa shape index (κ2) is 2.58. The third-order valence-electron chi connectivity index (χ3n) is 1.92. The van der Waals surface area contributed by atoms with Crippen LogP contribution >= 0.6 is 0 Å². The number of nitrogens with two attached hydrogens (primary N) is 1. The van der Waals surface area contributed by atoms with Crippen LogP contribution in [0.3, 0.4) is 0 Å². The Hall–Kier alpha value is -1.84. The summed E-state index contributed by atoms with van der Waals surface area (Å²) in [4.78, 5) is 11.1. The predicted octanol–water partition coefficient (Wildman–Crippen LogP) is 1.35. The fourth-order valence-electron chi connectivity index (χ4n) is 1.30. The van der Waals surface area contributed by atoms with Gasteiger partial charge >= 0.3 is 0 Å². The number of fused-ring (bicyclic) bond motifs is 1. The third-order valence-corrected chi connectivity index (χ3v) is 1.92. The van der Waals surface area contributed by atoms with E-state index in [0.717, 1.165) is 10.9 Å². The highest BCUT2D eigenvalue weighted by Crippen LogP contribution is 2.18. The summed E-state index contributed by atoms with van der Waals surface area (Å²) in [5.74, 6) is -0.0585. The van der Waals surface area contributed by atoms with Crippen LogP contribution in [0.4, 0.5) is 5.69 Å². The van der Waals surface area contributed by atoms with Gasteiger partial charge in [0.15, 0.2) is 5.78 Å². The van der Waals surface area contributed by atoms with Gasteiger partial charge in [-0.05, 0) is 18.2 Å². The monoisotopic (exact) mass is 175 g/mol. The number of nitrogens with zero attached hydrogens (tertiary/aromatic N) is 1. The number of nitrogens with one attached hydrogen (secondary N) is 1. The van der Waals surface area contributed by atoms with Crippen molar-refractivity contribution >= 4 is 22.4 Å². The van der Waals surface area contributed by atoms with Crippen molar-refractivity contribution in [1.29, 1.82) is 0 Å². The topological polar surface area (TPSA) is 71.8 Å². The molecule has 0 unspecified atom stereocenters. The lowest BCUT2D eigenvalue weighted by Crippen LogP contribution is -1.92. The minimum atomic E-state index is -0.0585. The molecular formula is C9H9N3O. The Morgan fingerprint density at radius 2 is 2.31 bits per heavy atom. The number of anilines is 1. The summed E-state index contributed by atoms with van der Waals surface area (Å²) in [5, 5.41) is 7.46. The minimum absolute atomic E-state index is 0.0585. The van der Waals surface area contributed by atoms with Crippen LogP contribution in [0.1, 0.15) is 17.4 Å². The number of benzene rings is 1. The summed E-state index contributed by atoms with van der Waals surface area (Å²) in [7, 11) is 0. The van der Waals surface area contributed by atoms with Gasteiger partial charge in [0.05, 0.1) is 5.52 Å². The molecule has 0 amide bonds. The predicted molar refractivity (Wildman–Crippen MR) is 50.5 cm³/mol.